The van der Waals surface area contributed by atoms with Crippen LogP contribution < -0.4 is 11.2 Å². The van der Waals surface area contributed by atoms with Gasteiger partial charge in [0.05, 0.1) is 6.04 Å². The molecule has 0 spiro atoms. The fourth-order valence-electron chi connectivity index (χ4n) is 1.40. The molecular formula is C11H18ClN3. The third-order valence-corrected chi connectivity index (χ3v) is 2.66. The van der Waals surface area contributed by atoms with Gasteiger partial charge in [-0.2, -0.15) is 0 Å². The van der Waals surface area contributed by atoms with E-state index in [1.54, 1.807) is 0 Å². The van der Waals surface area contributed by atoms with Crippen molar-refractivity contribution in [3.8, 4) is 0 Å². The van der Waals surface area contributed by atoms with E-state index in [4.69, 9.17) is 17.3 Å². The third-order valence-electron chi connectivity index (χ3n) is 2.25. The lowest BCUT2D eigenvalue weighted by atomic mass is 10.1. The number of nitrogens with one attached hydrogen (secondary N) is 1. The summed E-state index contributed by atoms with van der Waals surface area (Å²) in [6, 6.07) is 6.13. The van der Waals surface area contributed by atoms with Crippen LogP contribution in [0.3, 0.4) is 0 Å². The lowest BCUT2D eigenvalue weighted by Gasteiger charge is -2.22. The Bertz CT molecular complexity index is 326. The summed E-state index contributed by atoms with van der Waals surface area (Å²) < 4.78 is 0. The summed E-state index contributed by atoms with van der Waals surface area (Å²) >= 11 is 6.07. The van der Waals surface area contributed by atoms with Gasteiger partial charge >= 0.3 is 0 Å². The number of rotatable bonds is 4. The van der Waals surface area contributed by atoms with Crippen LogP contribution in [0.2, 0.25) is 5.02 Å². The highest BCUT2D eigenvalue weighted by atomic mass is 35.5. The van der Waals surface area contributed by atoms with Crippen molar-refractivity contribution in [3.05, 3.63) is 34.3 Å². The van der Waals surface area contributed by atoms with Gasteiger partial charge in [-0.1, -0.05) is 23.7 Å². The maximum Gasteiger partial charge on any atom is 0.0587 e. The molecule has 84 valence electrons. The first-order valence-corrected chi connectivity index (χ1v) is 5.32. The number of nitrogens with zero attached hydrogens (tertiary/aromatic N) is 1. The van der Waals surface area contributed by atoms with Crippen molar-refractivity contribution in [1.29, 1.82) is 0 Å². The summed E-state index contributed by atoms with van der Waals surface area (Å²) in [5.41, 5.74) is 11.1. The first kappa shape index (κ1) is 12.5. The molecule has 0 aliphatic heterocycles. The highest BCUT2D eigenvalue weighted by molar-refractivity contribution is 6.31. The first-order chi connectivity index (χ1) is 7.04. The lowest BCUT2D eigenvalue weighted by Crippen LogP contribution is -2.37. The Labute approximate surface area is 96.2 Å². The smallest absolute Gasteiger partial charge is 0.0587 e. The SMILES string of the molecule is Cc1ccc(C(CN)NN(C)C)cc1Cl. The number of hydrogen-bond donors (Lipinski definition) is 2. The largest absolute Gasteiger partial charge is 0.329 e. The van der Waals surface area contributed by atoms with Crippen LogP contribution in [-0.4, -0.2) is 25.6 Å². The molecule has 0 aliphatic rings. The molecule has 3 N–H and O–H groups in total. The number of hydrazine groups is 1. The monoisotopic (exact) mass is 227 g/mol. The van der Waals surface area contributed by atoms with Crippen LogP contribution in [0.1, 0.15) is 17.2 Å². The van der Waals surface area contributed by atoms with Gasteiger partial charge in [0, 0.05) is 25.7 Å². The Morgan fingerprint density at radius 2 is 2.13 bits per heavy atom. The molecule has 1 atom stereocenters. The minimum atomic E-state index is 0.109. The van der Waals surface area contributed by atoms with Gasteiger partial charge in [-0.25, -0.2) is 10.4 Å². The molecule has 0 amide bonds. The number of aryl methyl sites for hydroxylation is 1. The first-order valence-electron chi connectivity index (χ1n) is 4.94. The van der Waals surface area contributed by atoms with Gasteiger partial charge in [0.1, 0.15) is 0 Å². The van der Waals surface area contributed by atoms with Gasteiger partial charge in [0.15, 0.2) is 0 Å². The van der Waals surface area contributed by atoms with Crippen molar-refractivity contribution in [1.82, 2.24) is 10.4 Å². The molecule has 1 rings (SSSR count). The molecule has 3 nitrogen and oxygen atoms in total. The fraction of sp³-hybridized carbons (Fsp3) is 0.455. The van der Waals surface area contributed by atoms with Gasteiger partial charge in [-0.3, -0.25) is 0 Å². The molecule has 1 unspecified atom stereocenters. The predicted molar refractivity (Wildman–Crippen MR) is 64.8 cm³/mol. The molecule has 0 fully saturated rings. The quantitative estimate of drug-likeness (QED) is 0.770. The minimum absolute atomic E-state index is 0.109. The molecule has 1 aromatic carbocycles. The minimum Gasteiger partial charge on any atom is -0.329 e. The molecule has 0 saturated carbocycles. The summed E-state index contributed by atoms with van der Waals surface area (Å²) in [4.78, 5) is 0. The van der Waals surface area contributed by atoms with E-state index in [0.717, 1.165) is 16.1 Å². The summed E-state index contributed by atoms with van der Waals surface area (Å²) in [7, 11) is 3.89. The molecule has 15 heavy (non-hydrogen) atoms. The second-order valence-electron chi connectivity index (χ2n) is 3.82. The van der Waals surface area contributed by atoms with E-state index in [1.807, 2.05) is 38.2 Å². The topological polar surface area (TPSA) is 41.3 Å². The van der Waals surface area contributed by atoms with Gasteiger partial charge in [0.2, 0.25) is 0 Å². The molecule has 1 aromatic rings. The van der Waals surface area contributed by atoms with Crippen LogP contribution in [-0.2, 0) is 0 Å². The number of benzene rings is 1. The van der Waals surface area contributed by atoms with E-state index in [9.17, 15) is 0 Å². The van der Waals surface area contributed by atoms with Crippen LogP contribution in [0, 0.1) is 6.92 Å². The molecule has 0 aliphatic carbocycles. The zero-order chi connectivity index (χ0) is 11.4. The molecule has 0 heterocycles. The molecular weight excluding hydrogens is 210 g/mol. The van der Waals surface area contributed by atoms with Gasteiger partial charge < -0.3 is 5.73 Å². The summed E-state index contributed by atoms with van der Waals surface area (Å²) in [6.45, 7) is 2.53. The fourth-order valence-corrected chi connectivity index (χ4v) is 1.59. The molecule has 0 bridgehead atoms. The Morgan fingerprint density at radius 3 is 2.60 bits per heavy atom. The van der Waals surface area contributed by atoms with E-state index < -0.39 is 0 Å². The third kappa shape index (κ3) is 3.47. The van der Waals surface area contributed by atoms with Gasteiger partial charge in [0.25, 0.3) is 0 Å². The number of hydrogen-bond acceptors (Lipinski definition) is 3. The molecule has 0 saturated heterocycles. The predicted octanol–water partition coefficient (Wildman–Crippen LogP) is 1.71. The van der Waals surface area contributed by atoms with Crippen molar-refractivity contribution in [3.63, 3.8) is 0 Å². The normalized spacial score (nSPS) is 13.2. The molecule has 0 radical (unpaired) electrons. The lowest BCUT2D eigenvalue weighted by molar-refractivity contribution is 0.245. The number of halogens is 1. The van der Waals surface area contributed by atoms with Crippen LogP contribution in [0.15, 0.2) is 18.2 Å². The van der Waals surface area contributed by atoms with Crippen molar-refractivity contribution in [2.75, 3.05) is 20.6 Å². The van der Waals surface area contributed by atoms with Crippen molar-refractivity contribution in [2.24, 2.45) is 5.73 Å². The van der Waals surface area contributed by atoms with Crippen LogP contribution in [0.5, 0.6) is 0 Å². The second kappa shape index (κ2) is 5.47. The highest BCUT2D eigenvalue weighted by Gasteiger charge is 2.10. The van der Waals surface area contributed by atoms with Crippen LogP contribution >= 0.6 is 11.6 Å². The van der Waals surface area contributed by atoms with Crippen molar-refractivity contribution in [2.45, 2.75) is 13.0 Å². The molecule has 0 aromatic heterocycles. The van der Waals surface area contributed by atoms with E-state index >= 15 is 0 Å². The number of nitrogens with two attached hydrogens (primary N) is 1. The Morgan fingerprint density at radius 1 is 1.47 bits per heavy atom. The van der Waals surface area contributed by atoms with Crippen LogP contribution in [0.25, 0.3) is 0 Å². The Kier molecular flexibility index (Phi) is 4.54. The Balaban J connectivity index is 2.87. The highest BCUT2D eigenvalue weighted by Crippen LogP contribution is 2.20. The van der Waals surface area contributed by atoms with E-state index in [1.165, 1.54) is 0 Å². The average Bonchev–Trinajstić information content (AvgIpc) is 2.18. The van der Waals surface area contributed by atoms with Crippen LogP contribution in [0.4, 0.5) is 0 Å². The zero-order valence-electron chi connectivity index (χ0n) is 9.42. The molecule has 4 heteroatoms. The average molecular weight is 228 g/mol. The van der Waals surface area contributed by atoms with Crippen molar-refractivity contribution >= 4 is 11.6 Å². The maximum absolute atomic E-state index is 6.07. The maximum atomic E-state index is 6.07. The summed E-state index contributed by atoms with van der Waals surface area (Å²) in [6.07, 6.45) is 0. The zero-order valence-corrected chi connectivity index (χ0v) is 10.2. The Hall–Kier alpha value is -0.610. The summed E-state index contributed by atoms with van der Waals surface area (Å²) in [5.74, 6) is 0. The standard InChI is InChI=1S/C11H18ClN3/c1-8-4-5-9(6-10(8)12)11(7-13)14-15(2)3/h4-6,11,14H,7,13H2,1-3H3. The van der Waals surface area contributed by atoms with E-state index in [2.05, 4.69) is 11.5 Å². The second-order valence-corrected chi connectivity index (χ2v) is 4.23. The van der Waals surface area contributed by atoms with Gasteiger partial charge in [-0.05, 0) is 24.1 Å². The van der Waals surface area contributed by atoms with Crippen molar-refractivity contribution < 1.29 is 0 Å². The van der Waals surface area contributed by atoms with E-state index in [-0.39, 0.29) is 6.04 Å². The van der Waals surface area contributed by atoms with E-state index in [0.29, 0.717) is 6.54 Å². The summed E-state index contributed by atoms with van der Waals surface area (Å²) in [5, 5.41) is 2.68. The van der Waals surface area contributed by atoms with Gasteiger partial charge in [-0.15, -0.1) is 0 Å².